The van der Waals surface area contributed by atoms with E-state index >= 15 is 0 Å². The molecule has 1 rings (SSSR count). The van der Waals surface area contributed by atoms with Gasteiger partial charge in [0.15, 0.2) is 5.96 Å². The molecule has 1 heterocycles. The van der Waals surface area contributed by atoms with Crippen LogP contribution in [0, 0.1) is 0 Å². The number of nitrogens with two attached hydrogens (primary N) is 2. The van der Waals surface area contributed by atoms with Crippen molar-refractivity contribution in [1.82, 2.24) is 0 Å². The zero-order valence-corrected chi connectivity index (χ0v) is 7.12. The van der Waals surface area contributed by atoms with Gasteiger partial charge in [0.25, 0.3) is 0 Å². The summed E-state index contributed by atoms with van der Waals surface area (Å²) < 4.78 is 5.17. The van der Waals surface area contributed by atoms with Gasteiger partial charge < -0.3 is 16.2 Å². The van der Waals surface area contributed by atoms with Crippen LogP contribution >= 0.6 is 0 Å². The van der Waals surface area contributed by atoms with E-state index in [0.29, 0.717) is 6.54 Å². The molecule has 0 spiro atoms. The summed E-state index contributed by atoms with van der Waals surface area (Å²) in [6.45, 7) is 2.25. The summed E-state index contributed by atoms with van der Waals surface area (Å²) in [5.74, 6) is 0.169. The fourth-order valence-electron chi connectivity index (χ4n) is 1.12. The van der Waals surface area contributed by atoms with Crippen molar-refractivity contribution in [2.45, 2.75) is 12.8 Å². The molecular formula is C8H15N3O. The summed E-state index contributed by atoms with van der Waals surface area (Å²) in [7, 11) is 0. The van der Waals surface area contributed by atoms with Crippen molar-refractivity contribution in [1.29, 1.82) is 0 Å². The lowest BCUT2D eigenvalue weighted by Crippen LogP contribution is -2.23. The van der Waals surface area contributed by atoms with Crippen molar-refractivity contribution in [3.8, 4) is 0 Å². The molecular weight excluding hydrogens is 154 g/mol. The number of nitrogens with zero attached hydrogens (tertiary/aromatic N) is 1. The Hall–Kier alpha value is -1.03. The Balaban J connectivity index is 2.22. The molecule has 0 atom stereocenters. The first-order valence-electron chi connectivity index (χ1n) is 4.10. The molecule has 0 aromatic heterocycles. The van der Waals surface area contributed by atoms with Crippen molar-refractivity contribution in [2.24, 2.45) is 16.5 Å². The Bertz CT molecular complexity index is 194. The van der Waals surface area contributed by atoms with Crippen LogP contribution in [0.5, 0.6) is 0 Å². The van der Waals surface area contributed by atoms with E-state index in [-0.39, 0.29) is 5.96 Å². The van der Waals surface area contributed by atoms with Crippen molar-refractivity contribution in [3.63, 3.8) is 0 Å². The highest BCUT2D eigenvalue weighted by atomic mass is 16.5. The maximum Gasteiger partial charge on any atom is 0.185 e. The van der Waals surface area contributed by atoms with Crippen molar-refractivity contribution < 1.29 is 4.74 Å². The van der Waals surface area contributed by atoms with Crippen LogP contribution in [-0.4, -0.2) is 25.7 Å². The largest absolute Gasteiger partial charge is 0.377 e. The van der Waals surface area contributed by atoms with E-state index in [1.165, 1.54) is 5.57 Å². The summed E-state index contributed by atoms with van der Waals surface area (Å²) in [6, 6.07) is 0. The van der Waals surface area contributed by atoms with Gasteiger partial charge in [0.2, 0.25) is 0 Å². The Kier molecular flexibility index (Phi) is 3.60. The number of rotatable bonds is 3. The number of guanidine groups is 1. The number of hydrogen-bond acceptors (Lipinski definition) is 2. The molecule has 0 radical (unpaired) electrons. The molecule has 0 unspecified atom stereocenters. The Labute approximate surface area is 72.3 Å². The minimum absolute atomic E-state index is 0.169. The van der Waals surface area contributed by atoms with Crippen LogP contribution in [0.2, 0.25) is 0 Å². The van der Waals surface area contributed by atoms with Crippen LogP contribution in [0.3, 0.4) is 0 Å². The summed E-state index contributed by atoms with van der Waals surface area (Å²) in [4.78, 5) is 3.91. The second-order valence-electron chi connectivity index (χ2n) is 2.74. The fourth-order valence-corrected chi connectivity index (χ4v) is 1.12. The Morgan fingerprint density at radius 3 is 3.00 bits per heavy atom. The van der Waals surface area contributed by atoms with Gasteiger partial charge in [-0.3, -0.25) is 4.99 Å². The molecule has 4 N–H and O–H groups in total. The second-order valence-corrected chi connectivity index (χ2v) is 2.74. The molecule has 0 aliphatic carbocycles. The first-order chi connectivity index (χ1) is 5.79. The third kappa shape index (κ3) is 3.39. The smallest absolute Gasteiger partial charge is 0.185 e. The molecule has 0 amide bonds. The second kappa shape index (κ2) is 4.77. The van der Waals surface area contributed by atoms with Crippen LogP contribution in [-0.2, 0) is 4.74 Å². The summed E-state index contributed by atoms with van der Waals surface area (Å²) in [6.07, 6.45) is 4.06. The molecule has 0 bridgehead atoms. The Morgan fingerprint density at radius 1 is 1.58 bits per heavy atom. The molecule has 1 aliphatic rings. The molecule has 1 aliphatic heterocycles. The van der Waals surface area contributed by atoms with Gasteiger partial charge in [0.1, 0.15) is 0 Å². The molecule has 0 aromatic rings. The third-order valence-electron chi connectivity index (χ3n) is 1.78. The quantitative estimate of drug-likeness (QED) is 0.355. The van der Waals surface area contributed by atoms with E-state index in [4.69, 9.17) is 16.2 Å². The van der Waals surface area contributed by atoms with Crippen molar-refractivity contribution in [2.75, 3.05) is 19.8 Å². The lowest BCUT2D eigenvalue weighted by Gasteiger charge is -2.11. The maximum absolute atomic E-state index is 5.19. The van der Waals surface area contributed by atoms with Gasteiger partial charge in [0, 0.05) is 6.54 Å². The summed E-state index contributed by atoms with van der Waals surface area (Å²) in [5.41, 5.74) is 11.8. The van der Waals surface area contributed by atoms with E-state index in [9.17, 15) is 0 Å². The van der Waals surface area contributed by atoms with Gasteiger partial charge in [-0.05, 0) is 12.8 Å². The highest BCUT2D eigenvalue weighted by Crippen LogP contribution is 2.11. The predicted octanol–water partition coefficient (Wildman–Crippen LogP) is -0.00340. The van der Waals surface area contributed by atoms with Gasteiger partial charge in [0.05, 0.1) is 13.2 Å². The van der Waals surface area contributed by atoms with Crippen LogP contribution in [0.1, 0.15) is 12.8 Å². The topological polar surface area (TPSA) is 73.6 Å². The minimum Gasteiger partial charge on any atom is -0.377 e. The normalized spacial score (nSPS) is 16.8. The molecule has 4 heteroatoms. The van der Waals surface area contributed by atoms with E-state index in [1.807, 2.05) is 0 Å². The molecule has 0 aromatic carbocycles. The van der Waals surface area contributed by atoms with Gasteiger partial charge >= 0.3 is 0 Å². The van der Waals surface area contributed by atoms with Crippen molar-refractivity contribution >= 4 is 5.96 Å². The number of aliphatic imine (C=N–C) groups is 1. The Morgan fingerprint density at radius 2 is 2.42 bits per heavy atom. The molecule has 4 nitrogen and oxygen atoms in total. The van der Waals surface area contributed by atoms with E-state index in [2.05, 4.69) is 11.1 Å². The monoisotopic (exact) mass is 169 g/mol. The van der Waals surface area contributed by atoms with E-state index < -0.39 is 0 Å². The van der Waals surface area contributed by atoms with E-state index in [1.54, 1.807) is 0 Å². The number of hydrogen-bond donors (Lipinski definition) is 2. The molecule has 0 fully saturated rings. The van der Waals surface area contributed by atoms with Gasteiger partial charge in [-0.15, -0.1) is 0 Å². The first kappa shape index (κ1) is 9.06. The summed E-state index contributed by atoms with van der Waals surface area (Å²) >= 11 is 0. The zero-order chi connectivity index (χ0) is 8.81. The molecule has 0 saturated carbocycles. The highest BCUT2D eigenvalue weighted by molar-refractivity contribution is 5.75. The molecule has 68 valence electrons. The number of ether oxygens (including phenoxy) is 1. The van der Waals surface area contributed by atoms with Crippen molar-refractivity contribution in [3.05, 3.63) is 11.6 Å². The maximum atomic E-state index is 5.19. The van der Waals surface area contributed by atoms with Gasteiger partial charge in [-0.25, -0.2) is 0 Å². The van der Waals surface area contributed by atoms with Crippen LogP contribution in [0.25, 0.3) is 0 Å². The lowest BCUT2D eigenvalue weighted by molar-refractivity contribution is 0.153. The average Bonchev–Trinajstić information content (AvgIpc) is 2.05. The van der Waals surface area contributed by atoms with Crippen LogP contribution in [0.15, 0.2) is 16.6 Å². The summed E-state index contributed by atoms with van der Waals surface area (Å²) in [5, 5.41) is 0. The average molecular weight is 169 g/mol. The standard InChI is InChI=1S/C8H15N3O/c9-8(10)11-4-1-7-2-5-12-6-3-7/h2H,1,3-6H2,(H4,9,10,11). The lowest BCUT2D eigenvalue weighted by atomic mass is 10.1. The van der Waals surface area contributed by atoms with E-state index in [0.717, 1.165) is 26.1 Å². The molecule has 12 heavy (non-hydrogen) atoms. The SMILES string of the molecule is NC(N)=NCCC1=CCOCC1. The zero-order valence-electron chi connectivity index (χ0n) is 7.12. The van der Waals surface area contributed by atoms with Gasteiger partial charge in [-0.1, -0.05) is 11.6 Å². The minimum atomic E-state index is 0.169. The van der Waals surface area contributed by atoms with Crippen LogP contribution in [0.4, 0.5) is 0 Å². The fraction of sp³-hybridized carbons (Fsp3) is 0.625. The first-order valence-corrected chi connectivity index (χ1v) is 4.10. The van der Waals surface area contributed by atoms with Crippen LogP contribution < -0.4 is 11.5 Å². The third-order valence-corrected chi connectivity index (χ3v) is 1.78. The molecule has 0 saturated heterocycles. The predicted molar refractivity (Wildman–Crippen MR) is 48.8 cm³/mol. The van der Waals surface area contributed by atoms with Gasteiger partial charge in [-0.2, -0.15) is 0 Å². The highest BCUT2D eigenvalue weighted by Gasteiger charge is 2.02.